The van der Waals surface area contributed by atoms with Crippen molar-refractivity contribution in [1.82, 2.24) is 20.0 Å². The first-order valence-corrected chi connectivity index (χ1v) is 7.90. The lowest BCUT2D eigenvalue weighted by atomic mass is 10.2. The fourth-order valence-electron chi connectivity index (χ4n) is 2.15. The fraction of sp³-hybridized carbons (Fsp3) is 0.750. The molecular formula is C16H30N4O2. The van der Waals surface area contributed by atoms with Crippen LogP contribution >= 0.6 is 0 Å². The summed E-state index contributed by atoms with van der Waals surface area (Å²) in [4.78, 5) is 13.9. The lowest BCUT2D eigenvalue weighted by Gasteiger charge is -2.27. The predicted molar refractivity (Wildman–Crippen MR) is 87.7 cm³/mol. The lowest BCUT2D eigenvalue weighted by molar-refractivity contribution is 0.0252. The molecule has 0 aliphatic carbocycles. The molecule has 1 heterocycles. The van der Waals surface area contributed by atoms with E-state index in [0.29, 0.717) is 13.1 Å². The van der Waals surface area contributed by atoms with Crippen LogP contribution in [0.25, 0.3) is 0 Å². The molecule has 0 aromatic carbocycles. The number of ether oxygens (including phenoxy) is 1. The maximum absolute atomic E-state index is 12.1. The SMILES string of the molecule is CCCN(CCNCc1cn(C)nc1C)C(=O)OC(C)(C)C. The molecule has 126 valence electrons. The normalized spacial score (nSPS) is 11.5. The van der Waals surface area contributed by atoms with Crippen LogP contribution in [0, 0.1) is 6.92 Å². The summed E-state index contributed by atoms with van der Waals surface area (Å²) >= 11 is 0. The zero-order valence-electron chi connectivity index (χ0n) is 14.8. The average Bonchev–Trinajstić information content (AvgIpc) is 2.69. The highest BCUT2D eigenvalue weighted by Gasteiger charge is 2.21. The molecule has 6 heteroatoms. The molecule has 1 aromatic rings. The number of hydrogen-bond donors (Lipinski definition) is 1. The van der Waals surface area contributed by atoms with Gasteiger partial charge in [-0.1, -0.05) is 6.92 Å². The Kier molecular flexibility index (Phi) is 6.87. The Balaban J connectivity index is 2.41. The molecule has 0 atom stereocenters. The first-order chi connectivity index (χ1) is 10.2. The minimum absolute atomic E-state index is 0.242. The van der Waals surface area contributed by atoms with Crippen LogP contribution in [0.5, 0.6) is 0 Å². The van der Waals surface area contributed by atoms with Crippen LogP contribution in [0.1, 0.15) is 45.4 Å². The maximum atomic E-state index is 12.1. The summed E-state index contributed by atoms with van der Waals surface area (Å²) in [6, 6.07) is 0. The van der Waals surface area contributed by atoms with Crippen molar-refractivity contribution in [2.75, 3.05) is 19.6 Å². The van der Waals surface area contributed by atoms with E-state index in [0.717, 1.165) is 25.2 Å². The summed E-state index contributed by atoms with van der Waals surface area (Å²) in [7, 11) is 1.92. The Morgan fingerprint density at radius 3 is 2.59 bits per heavy atom. The number of amides is 1. The topological polar surface area (TPSA) is 59.4 Å². The first kappa shape index (κ1) is 18.5. The van der Waals surface area contributed by atoms with E-state index in [1.54, 1.807) is 4.90 Å². The monoisotopic (exact) mass is 310 g/mol. The van der Waals surface area contributed by atoms with Crippen molar-refractivity contribution < 1.29 is 9.53 Å². The van der Waals surface area contributed by atoms with E-state index in [9.17, 15) is 4.79 Å². The van der Waals surface area contributed by atoms with E-state index in [4.69, 9.17) is 4.74 Å². The molecule has 0 fully saturated rings. The van der Waals surface area contributed by atoms with Crippen molar-refractivity contribution in [3.63, 3.8) is 0 Å². The molecule has 1 amide bonds. The Hall–Kier alpha value is -1.56. The van der Waals surface area contributed by atoms with Crippen molar-refractivity contribution in [3.8, 4) is 0 Å². The molecule has 0 bridgehead atoms. The smallest absolute Gasteiger partial charge is 0.410 e. The van der Waals surface area contributed by atoms with Crippen LogP contribution in [-0.2, 0) is 18.3 Å². The second kappa shape index (κ2) is 8.17. The second-order valence-corrected chi connectivity index (χ2v) is 6.56. The Bertz CT molecular complexity index is 477. The van der Waals surface area contributed by atoms with Gasteiger partial charge in [0.1, 0.15) is 5.60 Å². The predicted octanol–water partition coefficient (Wildman–Crippen LogP) is 2.47. The molecule has 0 aliphatic rings. The van der Waals surface area contributed by atoms with Crippen molar-refractivity contribution in [1.29, 1.82) is 0 Å². The van der Waals surface area contributed by atoms with Gasteiger partial charge in [0.05, 0.1) is 5.69 Å². The van der Waals surface area contributed by atoms with Gasteiger partial charge in [-0.25, -0.2) is 4.79 Å². The zero-order chi connectivity index (χ0) is 16.8. The molecule has 0 saturated carbocycles. The van der Waals surface area contributed by atoms with Crippen molar-refractivity contribution in [2.45, 2.75) is 53.2 Å². The number of rotatable bonds is 7. The van der Waals surface area contributed by atoms with Gasteiger partial charge in [0, 0.05) is 45.0 Å². The summed E-state index contributed by atoms with van der Waals surface area (Å²) in [6.07, 6.45) is 2.69. The maximum Gasteiger partial charge on any atom is 0.410 e. The van der Waals surface area contributed by atoms with Gasteiger partial charge in [-0.3, -0.25) is 4.68 Å². The van der Waals surface area contributed by atoms with E-state index < -0.39 is 5.60 Å². The van der Waals surface area contributed by atoms with Crippen molar-refractivity contribution >= 4 is 6.09 Å². The summed E-state index contributed by atoms with van der Waals surface area (Å²) in [5.74, 6) is 0. The highest BCUT2D eigenvalue weighted by atomic mass is 16.6. The third-order valence-corrected chi connectivity index (χ3v) is 3.13. The van der Waals surface area contributed by atoms with Crippen molar-refractivity contribution in [2.24, 2.45) is 7.05 Å². The summed E-state index contributed by atoms with van der Waals surface area (Å²) in [5.41, 5.74) is 1.76. The third-order valence-electron chi connectivity index (χ3n) is 3.13. The van der Waals surface area contributed by atoms with Crippen LogP contribution < -0.4 is 5.32 Å². The molecule has 1 rings (SSSR count). The van der Waals surface area contributed by atoms with Gasteiger partial charge in [-0.15, -0.1) is 0 Å². The number of carbonyl (C=O) groups is 1. The molecule has 0 unspecified atom stereocenters. The molecule has 0 saturated heterocycles. The molecule has 22 heavy (non-hydrogen) atoms. The molecule has 0 aliphatic heterocycles. The molecular weight excluding hydrogens is 280 g/mol. The largest absolute Gasteiger partial charge is 0.444 e. The zero-order valence-corrected chi connectivity index (χ0v) is 14.8. The molecule has 1 aromatic heterocycles. The molecule has 6 nitrogen and oxygen atoms in total. The Morgan fingerprint density at radius 2 is 2.09 bits per heavy atom. The first-order valence-electron chi connectivity index (χ1n) is 7.90. The van der Waals surface area contributed by atoms with Crippen LogP contribution in [0.15, 0.2) is 6.20 Å². The van der Waals surface area contributed by atoms with E-state index in [1.807, 2.05) is 45.6 Å². The number of carbonyl (C=O) groups excluding carboxylic acids is 1. The highest BCUT2D eigenvalue weighted by molar-refractivity contribution is 5.68. The number of aromatic nitrogens is 2. The van der Waals surface area contributed by atoms with Gasteiger partial charge in [0.2, 0.25) is 0 Å². The number of nitrogens with zero attached hydrogens (tertiary/aromatic N) is 3. The van der Waals surface area contributed by atoms with Gasteiger partial charge >= 0.3 is 6.09 Å². The summed E-state index contributed by atoms with van der Waals surface area (Å²) in [6.45, 7) is 12.6. The summed E-state index contributed by atoms with van der Waals surface area (Å²) < 4.78 is 7.25. The van der Waals surface area contributed by atoms with Crippen molar-refractivity contribution in [3.05, 3.63) is 17.5 Å². The van der Waals surface area contributed by atoms with Gasteiger partial charge in [-0.2, -0.15) is 5.10 Å². The van der Waals surface area contributed by atoms with E-state index in [2.05, 4.69) is 17.3 Å². The number of hydrogen-bond acceptors (Lipinski definition) is 4. The van der Waals surface area contributed by atoms with Crippen LogP contribution in [0.4, 0.5) is 4.79 Å². The molecule has 1 N–H and O–H groups in total. The highest BCUT2D eigenvalue weighted by Crippen LogP contribution is 2.10. The van der Waals surface area contributed by atoms with Crippen LogP contribution in [0.3, 0.4) is 0 Å². The van der Waals surface area contributed by atoms with E-state index >= 15 is 0 Å². The minimum atomic E-state index is -0.455. The van der Waals surface area contributed by atoms with Crippen LogP contribution in [0.2, 0.25) is 0 Å². The molecule has 0 spiro atoms. The van der Waals surface area contributed by atoms with Gasteiger partial charge in [0.25, 0.3) is 0 Å². The molecule has 0 radical (unpaired) electrons. The number of aryl methyl sites for hydroxylation is 2. The third kappa shape index (κ3) is 6.47. The van der Waals surface area contributed by atoms with E-state index in [1.165, 1.54) is 5.56 Å². The number of nitrogens with one attached hydrogen (secondary N) is 1. The Morgan fingerprint density at radius 1 is 1.41 bits per heavy atom. The Labute approximate surface area is 133 Å². The fourth-order valence-corrected chi connectivity index (χ4v) is 2.15. The second-order valence-electron chi connectivity index (χ2n) is 6.56. The van der Waals surface area contributed by atoms with E-state index in [-0.39, 0.29) is 6.09 Å². The quantitative estimate of drug-likeness (QED) is 0.786. The average molecular weight is 310 g/mol. The van der Waals surface area contributed by atoms with Gasteiger partial charge in [-0.05, 0) is 34.1 Å². The summed E-state index contributed by atoms with van der Waals surface area (Å²) in [5, 5.41) is 7.67. The minimum Gasteiger partial charge on any atom is -0.444 e. The van der Waals surface area contributed by atoms with Gasteiger partial charge in [0.15, 0.2) is 0 Å². The lowest BCUT2D eigenvalue weighted by Crippen LogP contribution is -2.40. The van der Waals surface area contributed by atoms with Gasteiger partial charge < -0.3 is 15.0 Å². The van der Waals surface area contributed by atoms with Crippen LogP contribution in [-0.4, -0.2) is 46.0 Å². The standard InChI is InChI=1S/C16H30N4O2/c1-7-9-20(15(21)22-16(3,4)5)10-8-17-11-14-12-19(6)18-13(14)2/h12,17H,7-11H2,1-6H3.